The smallest absolute Gasteiger partial charge is 0.133 e. The van der Waals surface area contributed by atoms with E-state index in [1.807, 2.05) is 20.8 Å². The molecule has 0 aliphatic heterocycles. The molecule has 16 heavy (non-hydrogen) atoms. The molecular weight excluding hydrogens is 268 g/mol. The molecule has 0 saturated carbocycles. The van der Waals surface area contributed by atoms with E-state index in [0.29, 0.717) is 4.47 Å². The average Bonchev–Trinajstić information content (AvgIpc) is 2.22. The van der Waals surface area contributed by atoms with E-state index in [9.17, 15) is 10.2 Å². The van der Waals surface area contributed by atoms with E-state index in [1.54, 1.807) is 6.07 Å². The second-order valence-corrected chi connectivity index (χ2v) is 5.32. The minimum Gasteiger partial charge on any atom is -0.508 e. The number of rotatable bonds is 3. The molecule has 0 bridgehead atoms. The zero-order valence-corrected chi connectivity index (χ0v) is 11.8. The molecule has 2 N–H and O–H groups in total. The van der Waals surface area contributed by atoms with Crippen molar-refractivity contribution in [1.82, 2.24) is 0 Å². The van der Waals surface area contributed by atoms with Gasteiger partial charge in [-0.1, -0.05) is 27.7 Å². The zero-order valence-electron chi connectivity index (χ0n) is 10.2. The quantitative estimate of drug-likeness (QED) is 0.804. The van der Waals surface area contributed by atoms with Crippen molar-refractivity contribution in [3.63, 3.8) is 0 Å². The summed E-state index contributed by atoms with van der Waals surface area (Å²) in [6.07, 6.45) is 0.931. The molecule has 0 fully saturated rings. The lowest BCUT2D eigenvalue weighted by atomic mass is 9.93. The summed E-state index contributed by atoms with van der Waals surface area (Å²) in [5.74, 6) is 0.931. The molecule has 90 valence electrons. The van der Waals surface area contributed by atoms with Gasteiger partial charge in [-0.15, -0.1) is 0 Å². The normalized spacial score (nSPS) is 13.1. The number of phenolic OH excluding ortho intramolecular Hbond substituents is 2. The molecule has 1 unspecified atom stereocenters. The number of hydrogen-bond acceptors (Lipinski definition) is 2. The summed E-state index contributed by atoms with van der Waals surface area (Å²) in [5.41, 5.74) is 1.57. The van der Waals surface area contributed by atoms with Crippen LogP contribution < -0.4 is 0 Å². The van der Waals surface area contributed by atoms with E-state index in [0.717, 1.165) is 17.5 Å². The Morgan fingerprint density at radius 1 is 1.25 bits per heavy atom. The summed E-state index contributed by atoms with van der Waals surface area (Å²) in [5, 5.41) is 20.1. The molecule has 1 rings (SSSR count). The fourth-order valence-corrected chi connectivity index (χ4v) is 2.69. The number of phenols is 2. The third-order valence-corrected chi connectivity index (χ3v) is 3.81. The Hall–Kier alpha value is -0.700. The number of aromatic hydroxyl groups is 2. The van der Waals surface area contributed by atoms with Gasteiger partial charge in [-0.3, -0.25) is 0 Å². The van der Waals surface area contributed by atoms with Crippen LogP contribution in [0.2, 0.25) is 0 Å². The lowest BCUT2D eigenvalue weighted by molar-refractivity contribution is 0.438. The van der Waals surface area contributed by atoms with Crippen molar-refractivity contribution in [3.8, 4) is 11.5 Å². The number of hydrogen-bond donors (Lipinski definition) is 2. The second kappa shape index (κ2) is 5.09. The van der Waals surface area contributed by atoms with Crippen molar-refractivity contribution < 1.29 is 10.2 Å². The number of halogens is 1. The molecule has 0 saturated heterocycles. The summed E-state index contributed by atoms with van der Waals surface area (Å²) in [6, 6.07) is 1.68. The van der Waals surface area contributed by atoms with Crippen LogP contribution in [0, 0.1) is 0 Å². The zero-order chi connectivity index (χ0) is 12.5. The van der Waals surface area contributed by atoms with E-state index in [-0.39, 0.29) is 23.3 Å². The Bertz CT molecular complexity index is 386. The van der Waals surface area contributed by atoms with Crippen molar-refractivity contribution >= 4 is 15.9 Å². The molecule has 3 heteroatoms. The minimum absolute atomic E-state index is 0.172. The molecule has 1 aromatic rings. The van der Waals surface area contributed by atoms with Crippen LogP contribution in [0.4, 0.5) is 0 Å². The first-order valence-corrected chi connectivity index (χ1v) is 6.43. The molecular formula is C13H19BrO2. The van der Waals surface area contributed by atoms with Crippen LogP contribution in [0.1, 0.15) is 57.1 Å². The fourth-order valence-electron chi connectivity index (χ4n) is 1.80. The van der Waals surface area contributed by atoms with Gasteiger partial charge in [0.25, 0.3) is 0 Å². The highest BCUT2D eigenvalue weighted by atomic mass is 79.9. The maximum absolute atomic E-state index is 10.1. The van der Waals surface area contributed by atoms with Crippen molar-refractivity contribution in [1.29, 1.82) is 0 Å². The van der Waals surface area contributed by atoms with E-state index < -0.39 is 0 Å². The van der Waals surface area contributed by atoms with Crippen LogP contribution in [0.3, 0.4) is 0 Å². The van der Waals surface area contributed by atoms with E-state index in [2.05, 4.69) is 22.9 Å². The Balaban J connectivity index is 3.39. The van der Waals surface area contributed by atoms with Crippen molar-refractivity contribution in [2.75, 3.05) is 0 Å². The van der Waals surface area contributed by atoms with Gasteiger partial charge in [-0.25, -0.2) is 0 Å². The van der Waals surface area contributed by atoms with Crippen molar-refractivity contribution in [2.24, 2.45) is 0 Å². The van der Waals surface area contributed by atoms with Crippen LogP contribution in [0.25, 0.3) is 0 Å². The van der Waals surface area contributed by atoms with Gasteiger partial charge < -0.3 is 10.2 Å². The third-order valence-electron chi connectivity index (χ3n) is 3.01. The highest BCUT2D eigenvalue weighted by Crippen LogP contribution is 2.43. The lowest BCUT2D eigenvalue weighted by Gasteiger charge is -2.18. The molecule has 0 aromatic heterocycles. The summed E-state index contributed by atoms with van der Waals surface area (Å²) >= 11 is 3.37. The number of benzene rings is 1. The Morgan fingerprint density at radius 3 is 2.25 bits per heavy atom. The highest BCUT2D eigenvalue weighted by molar-refractivity contribution is 9.10. The Morgan fingerprint density at radius 2 is 1.81 bits per heavy atom. The highest BCUT2D eigenvalue weighted by Gasteiger charge is 2.20. The average molecular weight is 287 g/mol. The van der Waals surface area contributed by atoms with Gasteiger partial charge >= 0.3 is 0 Å². The second-order valence-electron chi connectivity index (χ2n) is 4.53. The Labute approximate surface area is 105 Å². The molecule has 0 spiro atoms. The first kappa shape index (κ1) is 13.4. The maximum Gasteiger partial charge on any atom is 0.133 e. The Kier molecular flexibility index (Phi) is 4.25. The summed E-state index contributed by atoms with van der Waals surface area (Å²) < 4.78 is 0.623. The monoisotopic (exact) mass is 286 g/mol. The summed E-state index contributed by atoms with van der Waals surface area (Å²) in [4.78, 5) is 0. The topological polar surface area (TPSA) is 40.5 Å². The van der Waals surface area contributed by atoms with Crippen molar-refractivity contribution in [2.45, 2.75) is 46.0 Å². The molecule has 0 heterocycles. The lowest BCUT2D eigenvalue weighted by Crippen LogP contribution is -1.97. The first-order valence-electron chi connectivity index (χ1n) is 5.64. The predicted octanol–water partition coefficient (Wildman–Crippen LogP) is 4.50. The molecule has 0 aliphatic carbocycles. The molecule has 1 atom stereocenters. The first-order chi connectivity index (χ1) is 7.40. The van der Waals surface area contributed by atoms with Crippen LogP contribution in [-0.2, 0) is 0 Å². The summed E-state index contributed by atoms with van der Waals surface area (Å²) in [6.45, 7) is 8.08. The summed E-state index contributed by atoms with van der Waals surface area (Å²) in [7, 11) is 0. The van der Waals surface area contributed by atoms with Gasteiger partial charge in [0.05, 0.1) is 4.47 Å². The van der Waals surface area contributed by atoms with Gasteiger partial charge in [0.2, 0.25) is 0 Å². The predicted molar refractivity (Wildman–Crippen MR) is 70.3 cm³/mol. The van der Waals surface area contributed by atoms with Gasteiger partial charge in [0, 0.05) is 11.1 Å². The van der Waals surface area contributed by atoms with Gasteiger partial charge in [-0.05, 0) is 40.3 Å². The largest absolute Gasteiger partial charge is 0.508 e. The molecule has 0 aliphatic rings. The van der Waals surface area contributed by atoms with Crippen molar-refractivity contribution in [3.05, 3.63) is 21.7 Å². The standard InChI is InChI=1S/C13H19BrO2/c1-5-8(4)9-6-10(15)11(7(2)3)12(14)13(9)16/h6-8,15-16H,5H2,1-4H3. The van der Waals surface area contributed by atoms with Crippen LogP contribution in [0.5, 0.6) is 11.5 Å². The van der Waals surface area contributed by atoms with Crippen LogP contribution in [-0.4, -0.2) is 10.2 Å². The van der Waals surface area contributed by atoms with E-state index >= 15 is 0 Å². The fraction of sp³-hybridized carbons (Fsp3) is 0.538. The molecule has 1 aromatic carbocycles. The van der Waals surface area contributed by atoms with Crippen LogP contribution in [0.15, 0.2) is 10.5 Å². The van der Waals surface area contributed by atoms with Gasteiger partial charge in [0.15, 0.2) is 0 Å². The third kappa shape index (κ3) is 2.34. The van der Waals surface area contributed by atoms with Crippen LogP contribution >= 0.6 is 15.9 Å². The van der Waals surface area contributed by atoms with E-state index in [1.165, 1.54) is 0 Å². The van der Waals surface area contributed by atoms with Gasteiger partial charge in [-0.2, -0.15) is 0 Å². The molecule has 0 radical (unpaired) electrons. The molecule has 0 amide bonds. The van der Waals surface area contributed by atoms with E-state index in [4.69, 9.17) is 0 Å². The van der Waals surface area contributed by atoms with Gasteiger partial charge in [0.1, 0.15) is 11.5 Å². The minimum atomic E-state index is 0.172. The maximum atomic E-state index is 10.1. The SMILES string of the molecule is CCC(C)c1cc(O)c(C(C)C)c(Br)c1O. The molecule has 2 nitrogen and oxygen atoms in total.